The normalized spacial score (nSPS) is 31.3. The van der Waals surface area contributed by atoms with Gasteiger partial charge in [0.25, 0.3) is 0 Å². The Labute approximate surface area is 65.3 Å². The Morgan fingerprint density at radius 3 is 2.82 bits per heavy atom. The van der Waals surface area contributed by atoms with Gasteiger partial charge in [-0.3, -0.25) is 0 Å². The summed E-state index contributed by atoms with van der Waals surface area (Å²) in [4.78, 5) is 10.5. The molecule has 3 nitrogen and oxygen atoms in total. The van der Waals surface area contributed by atoms with E-state index in [-0.39, 0.29) is 5.92 Å². The number of hydrogen-bond donors (Lipinski definition) is 2. The fourth-order valence-corrected chi connectivity index (χ4v) is 1.40. The molecule has 0 amide bonds. The molecule has 0 spiro atoms. The molecule has 0 aromatic rings. The van der Waals surface area contributed by atoms with Crippen molar-refractivity contribution < 1.29 is 15.0 Å². The maximum atomic E-state index is 10.5. The molecule has 0 heterocycles. The summed E-state index contributed by atoms with van der Waals surface area (Å²) < 4.78 is 0. The zero-order chi connectivity index (χ0) is 8.43. The van der Waals surface area contributed by atoms with Crippen molar-refractivity contribution in [3.63, 3.8) is 0 Å². The lowest BCUT2D eigenvalue weighted by molar-refractivity contribution is -0.133. The van der Waals surface area contributed by atoms with Crippen LogP contribution in [0.5, 0.6) is 0 Å². The van der Waals surface area contributed by atoms with E-state index in [4.69, 9.17) is 5.11 Å². The molecule has 3 heteroatoms. The van der Waals surface area contributed by atoms with Gasteiger partial charge in [0.2, 0.25) is 0 Å². The minimum absolute atomic E-state index is 0.185. The van der Waals surface area contributed by atoms with Crippen molar-refractivity contribution in [3.05, 3.63) is 11.6 Å². The van der Waals surface area contributed by atoms with E-state index in [0.717, 1.165) is 0 Å². The van der Waals surface area contributed by atoms with Crippen LogP contribution in [-0.2, 0) is 4.79 Å². The third-order valence-electron chi connectivity index (χ3n) is 1.86. The van der Waals surface area contributed by atoms with Gasteiger partial charge in [-0.1, -0.05) is 13.0 Å². The van der Waals surface area contributed by atoms with E-state index >= 15 is 0 Å². The number of hydrogen-bond acceptors (Lipinski definition) is 2. The fourth-order valence-electron chi connectivity index (χ4n) is 1.40. The Hall–Kier alpha value is -0.830. The van der Waals surface area contributed by atoms with Crippen LogP contribution in [0, 0.1) is 5.92 Å². The van der Waals surface area contributed by atoms with Gasteiger partial charge in [-0.2, -0.15) is 0 Å². The topological polar surface area (TPSA) is 57.5 Å². The summed E-state index contributed by atoms with van der Waals surface area (Å²) in [5, 5.41) is 17.8. The zero-order valence-electron chi connectivity index (χ0n) is 6.45. The summed E-state index contributed by atoms with van der Waals surface area (Å²) in [7, 11) is 0. The number of carbonyl (C=O) groups is 1. The van der Waals surface area contributed by atoms with Gasteiger partial charge in [0, 0.05) is 12.0 Å². The minimum atomic E-state index is -0.907. The van der Waals surface area contributed by atoms with Gasteiger partial charge in [0.1, 0.15) is 0 Å². The van der Waals surface area contributed by atoms with Crippen molar-refractivity contribution in [2.75, 3.05) is 0 Å². The average Bonchev–Trinajstić information content (AvgIpc) is 1.85. The lowest BCUT2D eigenvalue weighted by atomic mass is 9.90. The van der Waals surface area contributed by atoms with Crippen LogP contribution in [-0.4, -0.2) is 22.3 Å². The van der Waals surface area contributed by atoms with Crippen LogP contribution in [0.25, 0.3) is 0 Å². The molecule has 1 rings (SSSR count). The summed E-state index contributed by atoms with van der Waals surface area (Å²) in [5.74, 6) is -0.722. The first-order chi connectivity index (χ1) is 5.09. The number of aliphatic hydroxyl groups is 1. The van der Waals surface area contributed by atoms with Crippen molar-refractivity contribution in [3.8, 4) is 0 Å². The Balaban J connectivity index is 2.72. The molecule has 0 aliphatic heterocycles. The van der Waals surface area contributed by atoms with Crippen LogP contribution < -0.4 is 0 Å². The van der Waals surface area contributed by atoms with Crippen molar-refractivity contribution in [2.45, 2.75) is 25.9 Å². The number of carboxylic acids is 1. The number of allylic oxidation sites excluding steroid dienone is 1. The highest BCUT2D eigenvalue weighted by molar-refractivity contribution is 5.86. The fraction of sp³-hybridized carbons (Fsp3) is 0.625. The smallest absolute Gasteiger partial charge is 0.331 e. The lowest BCUT2D eigenvalue weighted by Gasteiger charge is -2.20. The first kappa shape index (κ1) is 8.27. The Morgan fingerprint density at radius 1 is 1.73 bits per heavy atom. The summed E-state index contributed by atoms with van der Waals surface area (Å²) in [6.07, 6.45) is 2.21. The molecule has 0 saturated carbocycles. The Bertz CT molecular complexity index is 196. The van der Waals surface area contributed by atoms with Gasteiger partial charge in [-0.05, 0) is 12.3 Å². The molecular formula is C8H12O3. The molecule has 0 aromatic heterocycles. The predicted molar refractivity (Wildman–Crippen MR) is 40.1 cm³/mol. The van der Waals surface area contributed by atoms with Gasteiger partial charge in [-0.15, -0.1) is 0 Å². The van der Waals surface area contributed by atoms with E-state index in [1.165, 1.54) is 0 Å². The molecule has 0 radical (unpaired) electrons. The monoisotopic (exact) mass is 156 g/mol. The Morgan fingerprint density at radius 2 is 2.36 bits per heavy atom. The Kier molecular flexibility index (Phi) is 2.29. The van der Waals surface area contributed by atoms with Crippen LogP contribution in [0.1, 0.15) is 19.8 Å². The first-order valence-corrected chi connectivity index (χ1v) is 3.71. The van der Waals surface area contributed by atoms with Gasteiger partial charge < -0.3 is 10.2 Å². The van der Waals surface area contributed by atoms with Crippen LogP contribution in [0.2, 0.25) is 0 Å². The van der Waals surface area contributed by atoms with E-state index in [0.29, 0.717) is 18.4 Å². The summed E-state index contributed by atoms with van der Waals surface area (Å²) in [6, 6.07) is 0. The van der Waals surface area contributed by atoms with Crippen molar-refractivity contribution >= 4 is 5.97 Å². The highest BCUT2D eigenvalue weighted by Crippen LogP contribution is 2.22. The molecule has 2 unspecified atom stereocenters. The van der Waals surface area contributed by atoms with Gasteiger partial charge >= 0.3 is 5.97 Å². The molecule has 0 saturated heterocycles. The van der Waals surface area contributed by atoms with Crippen molar-refractivity contribution in [1.82, 2.24) is 0 Å². The van der Waals surface area contributed by atoms with Crippen LogP contribution in [0.15, 0.2) is 11.6 Å². The molecule has 11 heavy (non-hydrogen) atoms. The molecular weight excluding hydrogens is 144 g/mol. The number of aliphatic carboxylic acids is 1. The summed E-state index contributed by atoms with van der Waals surface area (Å²) in [5.41, 5.74) is 0.344. The highest BCUT2D eigenvalue weighted by atomic mass is 16.4. The summed E-state index contributed by atoms with van der Waals surface area (Å²) in [6.45, 7) is 1.91. The highest BCUT2D eigenvalue weighted by Gasteiger charge is 2.21. The predicted octanol–water partition coefficient (Wildman–Crippen LogP) is 0.788. The van der Waals surface area contributed by atoms with E-state index in [1.807, 2.05) is 6.92 Å². The van der Waals surface area contributed by atoms with Gasteiger partial charge in [0.15, 0.2) is 0 Å². The standard InChI is InChI=1S/C8H12O3/c1-5-2-6(8(10)11)4-7(9)3-5/h2,5,7,9H,3-4H2,1H3,(H,10,11). The van der Waals surface area contributed by atoms with E-state index in [9.17, 15) is 9.90 Å². The first-order valence-electron chi connectivity index (χ1n) is 3.71. The van der Waals surface area contributed by atoms with Gasteiger partial charge in [0.05, 0.1) is 6.10 Å². The molecule has 0 bridgehead atoms. The number of aliphatic hydroxyl groups excluding tert-OH is 1. The second-order valence-corrected chi connectivity index (χ2v) is 3.07. The SMILES string of the molecule is CC1C=C(C(=O)O)CC(O)C1. The largest absolute Gasteiger partial charge is 0.478 e. The third kappa shape index (κ3) is 2.05. The molecule has 2 N–H and O–H groups in total. The maximum Gasteiger partial charge on any atom is 0.331 e. The lowest BCUT2D eigenvalue weighted by Crippen LogP contribution is -2.20. The van der Waals surface area contributed by atoms with Crippen LogP contribution >= 0.6 is 0 Å². The second kappa shape index (κ2) is 3.05. The third-order valence-corrected chi connectivity index (χ3v) is 1.86. The maximum absolute atomic E-state index is 10.5. The number of rotatable bonds is 1. The van der Waals surface area contributed by atoms with Gasteiger partial charge in [-0.25, -0.2) is 4.79 Å². The van der Waals surface area contributed by atoms with Crippen LogP contribution in [0.4, 0.5) is 0 Å². The minimum Gasteiger partial charge on any atom is -0.478 e. The second-order valence-electron chi connectivity index (χ2n) is 3.07. The molecule has 0 aromatic carbocycles. The summed E-state index contributed by atoms with van der Waals surface area (Å²) >= 11 is 0. The van der Waals surface area contributed by atoms with E-state index < -0.39 is 12.1 Å². The molecule has 2 atom stereocenters. The quantitative estimate of drug-likeness (QED) is 0.590. The van der Waals surface area contributed by atoms with Crippen molar-refractivity contribution in [2.24, 2.45) is 5.92 Å². The number of carboxylic acid groups (broad SMARTS) is 1. The van der Waals surface area contributed by atoms with E-state index in [2.05, 4.69) is 0 Å². The molecule has 1 aliphatic carbocycles. The van der Waals surface area contributed by atoms with E-state index in [1.54, 1.807) is 6.08 Å². The average molecular weight is 156 g/mol. The zero-order valence-corrected chi connectivity index (χ0v) is 6.45. The molecule has 62 valence electrons. The van der Waals surface area contributed by atoms with Crippen molar-refractivity contribution in [1.29, 1.82) is 0 Å². The molecule has 0 fully saturated rings. The molecule has 1 aliphatic rings. The van der Waals surface area contributed by atoms with Crippen LogP contribution in [0.3, 0.4) is 0 Å².